The topological polar surface area (TPSA) is 76.5 Å². The molecule has 2 aliphatic rings. The van der Waals surface area contributed by atoms with Crippen molar-refractivity contribution in [3.63, 3.8) is 0 Å². The molecule has 3 aromatic rings. The first-order valence-corrected chi connectivity index (χ1v) is 13.0. The first-order valence-electron chi connectivity index (χ1n) is 11.8. The number of carbonyl (C=O) groups excluding carboxylic acids is 1. The van der Waals surface area contributed by atoms with Crippen molar-refractivity contribution in [2.45, 2.75) is 74.9 Å². The molecule has 2 atom stereocenters. The Balaban J connectivity index is 1.39. The Morgan fingerprint density at radius 1 is 1.15 bits per heavy atom. The summed E-state index contributed by atoms with van der Waals surface area (Å²) in [4.78, 5) is 13.7. The lowest BCUT2D eigenvalue weighted by molar-refractivity contribution is -0.132. The smallest absolute Gasteiger partial charge is 0.256 e. The first-order chi connectivity index (χ1) is 16.5. The highest BCUT2D eigenvalue weighted by atomic mass is 35.5. The second kappa shape index (κ2) is 9.96. The molecular formula is C25H28ClN5O2S. The summed E-state index contributed by atoms with van der Waals surface area (Å²) in [7, 11) is 0. The number of nitrogens with zero attached hydrogens (tertiary/aromatic N) is 5. The van der Waals surface area contributed by atoms with E-state index in [9.17, 15) is 4.79 Å². The summed E-state index contributed by atoms with van der Waals surface area (Å²) >= 11 is 7.52. The molecule has 0 bridgehead atoms. The summed E-state index contributed by atoms with van der Waals surface area (Å²) < 4.78 is 7.91. The molecule has 1 fully saturated rings. The zero-order valence-corrected chi connectivity index (χ0v) is 20.9. The summed E-state index contributed by atoms with van der Waals surface area (Å²) in [6.07, 6.45) is 8.21. The van der Waals surface area contributed by atoms with Crippen LogP contribution in [0, 0.1) is 6.92 Å². The number of furan rings is 1. The van der Waals surface area contributed by atoms with Gasteiger partial charge in [0.2, 0.25) is 0 Å². The minimum Gasteiger partial charge on any atom is -0.467 e. The number of hydrogen-bond acceptors (Lipinski definition) is 6. The molecule has 3 heterocycles. The van der Waals surface area contributed by atoms with Crippen molar-refractivity contribution in [1.29, 1.82) is 0 Å². The lowest BCUT2D eigenvalue weighted by Gasteiger charge is -2.26. The Kier molecular flexibility index (Phi) is 6.79. The van der Waals surface area contributed by atoms with Gasteiger partial charge in [-0.05, 0) is 56.5 Å². The molecule has 1 aromatic carbocycles. The van der Waals surface area contributed by atoms with E-state index in [1.807, 2.05) is 50.2 Å². The molecule has 1 amide bonds. The van der Waals surface area contributed by atoms with Gasteiger partial charge in [-0.25, -0.2) is 5.01 Å². The van der Waals surface area contributed by atoms with Crippen LogP contribution in [-0.2, 0) is 4.79 Å². The van der Waals surface area contributed by atoms with E-state index in [-0.39, 0.29) is 17.2 Å². The van der Waals surface area contributed by atoms with Crippen LogP contribution in [0.3, 0.4) is 0 Å². The van der Waals surface area contributed by atoms with Gasteiger partial charge in [-0.15, -0.1) is 10.2 Å². The maximum Gasteiger partial charge on any atom is 0.256 e. The zero-order valence-electron chi connectivity index (χ0n) is 19.4. The lowest BCUT2D eigenvalue weighted by atomic mass is 9.95. The summed E-state index contributed by atoms with van der Waals surface area (Å²) in [5.41, 5.74) is 1.79. The van der Waals surface area contributed by atoms with Crippen molar-refractivity contribution < 1.29 is 9.21 Å². The maximum absolute atomic E-state index is 13.7. The number of benzene rings is 1. The standard InChI is InChI=1S/C25H28ClN5O2S/c1-16(34-25-28-27-17(2)30(25)20-7-4-3-5-8-20)24(32)31-22(23-9-6-14-33-23)15-21(29-31)18-10-12-19(26)13-11-18/h6,9-14,16,20,22H,3-5,7-8,15H2,1-2H3. The Bertz CT molecular complexity index is 1170. The van der Waals surface area contributed by atoms with Gasteiger partial charge in [0.25, 0.3) is 5.91 Å². The van der Waals surface area contributed by atoms with Crippen LogP contribution in [0.5, 0.6) is 0 Å². The van der Waals surface area contributed by atoms with Crippen molar-refractivity contribution in [1.82, 2.24) is 19.8 Å². The molecule has 1 aliphatic carbocycles. The van der Waals surface area contributed by atoms with E-state index in [0.717, 1.165) is 40.9 Å². The predicted octanol–water partition coefficient (Wildman–Crippen LogP) is 6.20. The van der Waals surface area contributed by atoms with Crippen LogP contribution in [0.2, 0.25) is 5.02 Å². The van der Waals surface area contributed by atoms with E-state index < -0.39 is 0 Å². The Hall–Kier alpha value is -2.58. The number of aryl methyl sites for hydroxylation is 1. The Morgan fingerprint density at radius 3 is 2.62 bits per heavy atom. The van der Waals surface area contributed by atoms with Gasteiger partial charge in [0.15, 0.2) is 5.16 Å². The fourth-order valence-corrected chi connectivity index (χ4v) is 5.95. The molecule has 1 aliphatic heterocycles. The summed E-state index contributed by atoms with van der Waals surface area (Å²) in [6.45, 7) is 3.91. The number of rotatable bonds is 6. The maximum atomic E-state index is 13.7. The van der Waals surface area contributed by atoms with Crippen LogP contribution in [0.1, 0.15) is 74.7 Å². The molecular weight excluding hydrogens is 470 g/mol. The van der Waals surface area contributed by atoms with Gasteiger partial charge in [-0.1, -0.05) is 54.8 Å². The van der Waals surface area contributed by atoms with Gasteiger partial charge in [-0.2, -0.15) is 5.10 Å². The molecule has 34 heavy (non-hydrogen) atoms. The Labute approximate surface area is 208 Å². The van der Waals surface area contributed by atoms with E-state index in [2.05, 4.69) is 14.8 Å². The predicted molar refractivity (Wildman–Crippen MR) is 133 cm³/mol. The molecule has 0 N–H and O–H groups in total. The molecule has 9 heteroatoms. The van der Waals surface area contributed by atoms with E-state index >= 15 is 0 Å². The summed E-state index contributed by atoms with van der Waals surface area (Å²) in [6, 6.07) is 11.4. The third kappa shape index (κ3) is 4.66. The molecule has 2 aromatic heterocycles. The summed E-state index contributed by atoms with van der Waals surface area (Å²) in [5.74, 6) is 1.55. The molecule has 0 radical (unpaired) electrons. The normalized spacial score (nSPS) is 19.9. The van der Waals surface area contributed by atoms with Gasteiger partial charge in [0.1, 0.15) is 17.6 Å². The molecule has 178 valence electrons. The molecule has 0 spiro atoms. The first kappa shape index (κ1) is 23.2. The van der Waals surface area contributed by atoms with Gasteiger partial charge < -0.3 is 8.98 Å². The van der Waals surface area contributed by atoms with E-state index in [0.29, 0.717) is 17.5 Å². The number of amides is 1. The minimum absolute atomic E-state index is 0.0776. The number of halogens is 1. The van der Waals surface area contributed by atoms with Gasteiger partial charge in [0, 0.05) is 17.5 Å². The van der Waals surface area contributed by atoms with Crippen molar-refractivity contribution in [3.05, 3.63) is 64.8 Å². The van der Waals surface area contributed by atoms with Crippen molar-refractivity contribution in [2.75, 3.05) is 0 Å². The zero-order chi connectivity index (χ0) is 23.7. The van der Waals surface area contributed by atoms with E-state index in [1.54, 1.807) is 11.3 Å². The third-order valence-corrected chi connectivity index (χ3v) is 7.89. The van der Waals surface area contributed by atoms with Crippen LogP contribution < -0.4 is 0 Å². The highest BCUT2D eigenvalue weighted by molar-refractivity contribution is 8.00. The highest BCUT2D eigenvalue weighted by Gasteiger charge is 2.37. The van der Waals surface area contributed by atoms with Gasteiger partial charge in [0.05, 0.1) is 17.2 Å². The largest absolute Gasteiger partial charge is 0.467 e. The van der Waals surface area contributed by atoms with Crippen molar-refractivity contribution >= 4 is 35.0 Å². The van der Waals surface area contributed by atoms with Gasteiger partial charge in [-0.3, -0.25) is 4.79 Å². The SMILES string of the molecule is Cc1nnc(SC(C)C(=O)N2N=C(c3ccc(Cl)cc3)CC2c2ccco2)n1C1CCCCC1. The van der Waals surface area contributed by atoms with Crippen LogP contribution >= 0.6 is 23.4 Å². The number of hydrogen-bond donors (Lipinski definition) is 0. The van der Waals surface area contributed by atoms with Crippen LogP contribution in [-0.4, -0.2) is 36.6 Å². The fraction of sp³-hybridized carbons (Fsp3) is 0.440. The second-order valence-corrected chi connectivity index (χ2v) is 10.7. The van der Waals surface area contributed by atoms with Crippen molar-refractivity contribution in [2.24, 2.45) is 5.10 Å². The molecule has 2 unspecified atom stereocenters. The fourth-order valence-electron chi connectivity index (χ4n) is 4.82. The average molecular weight is 498 g/mol. The van der Waals surface area contributed by atoms with Gasteiger partial charge >= 0.3 is 0 Å². The molecule has 1 saturated carbocycles. The molecule has 0 saturated heterocycles. The number of thioether (sulfide) groups is 1. The minimum atomic E-state index is -0.378. The molecule has 7 nitrogen and oxygen atoms in total. The lowest BCUT2D eigenvalue weighted by Crippen LogP contribution is -2.33. The second-order valence-electron chi connectivity index (χ2n) is 8.92. The third-order valence-electron chi connectivity index (χ3n) is 6.59. The number of carbonyl (C=O) groups is 1. The molecule has 5 rings (SSSR count). The highest BCUT2D eigenvalue weighted by Crippen LogP contribution is 2.37. The number of aromatic nitrogens is 3. The Morgan fingerprint density at radius 2 is 1.91 bits per heavy atom. The number of hydrazone groups is 1. The van der Waals surface area contributed by atoms with Crippen LogP contribution in [0.15, 0.2) is 57.3 Å². The quantitative estimate of drug-likeness (QED) is 0.379. The summed E-state index contributed by atoms with van der Waals surface area (Å²) in [5, 5.41) is 16.2. The van der Waals surface area contributed by atoms with Crippen LogP contribution in [0.25, 0.3) is 0 Å². The van der Waals surface area contributed by atoms with E-state index in [1.165, 1.54) is 31.0 Å². The monoisotopic (exact) mass is 497 g/mol. The van der Waals surface area contributed by atoms with Crippen LogP contribution in [0.4, 0.5) is 0 Å². The average Bonchev–Trinajstić information content (AvgIpc) is 3.60. The van der Waals surface area contributed by atoms with Crippen molar-refractivity contribution in [3.8, 4) is 0 Å². The van der Waals surface area contributed by atoms with E-state index in [4.69, 9.17) is 21.1 Å².